The Bertz CT molecular complexity index is 854. The number of pyridine rings is 1. The fraction of sp³-hybridized carbons (Fsp3) is 0.444. The van der Waals surface area contributed by atoms with Crippen molar-refractivity contribution in [3.63, 3.8) is 0 Å². The van der Waals surface area contributed by atoms with E-state index in [-0.39, 0.29) is 0 Å². The molecule has 160 valence electrons. The minimum absolute atomic E-state index is 0.411. The lowest BCUT2D eigenvalue weighted by Crippen LogP contribution is -2.51. The van der Waals surface area contributed by atoms with Gasteiger partial charge in [-0.2, -0.15) is 4.57 Å². The quantitative estimate of drug-likeness (QED) is 0.283. The Morgan fingerprint density at radius 3 is 2.20 bits per heavy atom. The van der Waals surface area contributed by atoms with E-state index in [1.54, 1.807) is 0 Å². The fourth-order valence-electron chi connectivity index (χ4n) is 4.40. The Morgan fingerprint density at radius 2 is 1.53 bits per heavy atom. The van der Waals surface area contributed by atoms with Gasteiger partial charge in [-0.1, -0.05) is 51.5 Å². The summed E-state index contributed by atoms with van der Waals surface area (Å²) < 4.78 is 2.51. The number of hydrogen-bond donors (Lipinski definition) is 1. The normalized spacial score (nSPS) is 21.3. The van der Waals surface area contributed by atoms with Gasteiger partial charge in [-0.3, -0.25) is 0 Å². The van der Waals surface area contributed by atoms with Crippen LogP contribution in [-0.2, 0) is 0 Å². The molecule has 0 spiro atoms. The minimum atomic E-state index is -0.543. The Kier molecular flexibility index (Phi) is 8.01. The highest BCUT2D eigenvalue weighted by Gasteiger charge is 2.36. The number of benzene rings is 1. The molecule has 0 bridgehead atoms. The van der Waals surface area contributed by atoms with Crippen molar-refractivity contribution < 1.29 is 9.67 Å². The summed E-state index contributed by atoms with van der Waals surface area (Å²) >= 11 is 0. The predicted octanol–water partition coefficient (Wildman–Crippen LogP) is 6.20. The third-order valence-corrected chi connectivity index (χ3v) is 6.25. The Morgan fingerprint density at radius 1 is 0.900 bits per heavy atom. The maximum absolute atomic E-state index is 11.0. The molecule has 2 aromatic rings. The second-order valence-electron chi connectivity index (χ2n) is 8.78. The highest BCUT2D eigenvalue weighted by atomic mass is 16.3. The largest absolute Gasteiger partial charge is 0.341 e. The van der Waals surface area contributed by atoms with Gasteiger partial charge in [-0.05, 0) is 25.8 Å². The summed E-state index contributed by atoms with van der Waals surface area (Å²) in [7, 11) is 2.11. The van der Waals surface area contributed by atoms with E-state index in [1.165, 1.54) is 50.5 Å². The lowest BCUT2D eigenvalue weighted by Gasteiger charge is -2.38. The standard InChI is InChI=1S/C27H38N2O/c1-4-5-6-7-8-9-11-14-24-21-23(2)27(30)29(3,22-24)26-17-15-25(16-18-26)28-19-12-10-13-20-28/h10,12-13,15-22,27,30H,4-9,11,14H2,1-3H3/q+2. The van der Waals surface area contributed by atoms with Crippen LogP contribution < -0.4 is 9.05 Å². The van der Waals surface area contributed by atoms with Crippen molar-refractivity contribution in [1.29, 1.82) is 0 Å². The highest BCUT2D eigenvalue weighted by molar-refractivity contribution is 5.52. The number of rotatable bonds is 10. The van der Waals surface area contributed by atoms with E-state index < -0.39 is 6.23 Å². The molecule has 3 rings (SSSR count). The van der Waals surface area contributed by atoms with Gasteiger partial charge >= 0.3 is 0 Å². The van der Waals surface area contributed by atoms with E-state index in [9.17, 15) is 5.11 Å². The smallest absolute Gasteiger partial charge is 0.222 e. The first-order valence-corrected chi connectivity index (χ1v) is 11.6. The number of aromatic nitrogens is 1. The Labute approximate surface area is 182 Å². The van der Waals surface area contributed by atoms with Crippen molar-refractivity contribution in [2.45, 2.75) is 71.4 Å². The first-order valence-electron chi connectivity index (χ1n) is 11.6. The van der Waals surface area contributed by atoms with Crippen molar-refractivity contribution in [1.82, 2.24) is 4.48 Å². The van der Waals surface area contributed by atoms with Gasteiger partial charge in [-0.25, -0.2) is 4.48 Å². The monoisotopic (exact) mass is 406 g/mol. The molecule has 1 aromatic carbocycles. The molecule has 2 unspecified atom stereocenters. The molecule has 3 nitrogen and oxygen atoms in total. The van der Waals surface area contributed by atoms with Crippen molar-refractivity contribution in [2.75, 3.05) is 7.05 Å². The summed E-state index contributed by atoms with van der Waals surface area (Å²) in [5, 5.41) is 11.0. The molecule has 2 atom stereocenters. The predicted molar refractivity (Wildman–Crippen MR) is 126 cm³/mol. The van der Waals surface area contributed by atoms with Gasteiger partial charge in [0.15, 0.2) is 12.4 Å². The van der Waals surface area contributed by atoms with Gasteiger partial charge in [0.25, 0.3) is 0 Å². The van der Waals surface area contributed by atoms with Crippen LogP contribution >= 0.6 is 0 Å². The van der Waals surface area contributed by atoms with Gasteiger partial charge < -0.3 is 5.11 Å². The zero-order valence-corrected chi connectivity index (χ0v) is 18.9. The molecule has 1 N–H and O–H groups in total. The maximum atomic E-state index is 11.0. The number of likely N-dealkylation sites (N-methyl/N-ethyl adjacent to an activating group) is 1. The molecule has 1 aliphatic rings. The first-order chi connectivity index (χ1) is 14.5. The molecule has 30 heavy (non-hydrogen) atoms. The average Bonchev–Trinajstić information content (AvgIpc) is 2.77. The summed E-state index contributed by atoms with van der Waals surface area (Å²) in [5.41, 5.74) is 4.61. The summed E-state index contributed by atoms with van der Waals surface area (Å²) in [6.07, 6.45) is 18.3. The molecule has 1 aliphatic heterocycles. The van der Waals surface area contributed by atoms with Crippen LogP contribution in [0.25, 0.3) is 5.69 Å². The molecule has 3 heteroatoms. The molecule has 0 radical (unpaired) electrons. The average molecular weight is 407 g/mol. The molecule has 1 aromatic heterocycles. The topological polar surface area (TPSA) is 24.1 Å². The van der Waals surface area contributed by atoms with Crippen LogP contribution in [0.4, 0.5) is 5.69 Å². The number of aliphatic hydroxyl groups is 1. The number of nitrogens with zero attached hydrogens (tertiary/aromatic N) is 2. The van der Waals surface area contributed by atoms with Crippen molar-refractivity contribution >= 4 is 5.69 Å². The van der Waals surface area contributed by atoms with Crippen molar-refractivity contribution in [2.24, 2.45) is 0 Å². The van der Waals surface area contributed by atoms with Gasteiger partial charge in [0.1, 0.15) is 11.9 Å². The fourth-order valence-corrected chi connectivity index (χ4v) is 4.40. The zero-order chi connectivity index (χ0) is 21.4. The second-order valence-corrected chi connectivity index (χ2v) is 8.78. The number of unbranched alkanes of at least 4 members (excludes halogenated alkanes) is 6. The first kappa shape index (κ1) is 22.5. The van der Waals surface area contributed by atoms with E-state index >= 15 is 0 Å². The Hall–Kier alpha value is -2.23. The van der Waals surface area contributed by atoms with E-state index in [4.69, 9.17) is 0 Å². The van der Waals surface area contributed by atoms with E-state index in [2.05, 4.69) is 55.1 Å². The third kappa shape index (κ3) is 5.47. The number of aliphatic hydroxyl groups excluding tert-OH is 1. The minimum Gasteiger partial charge on any atom is -0.341 e. The van der Waals surface area contributed by atoms with Crippen LogP contribution in [0.2, 0.25) is 0 Å². The van der Waals surface area contributed by atoms with Crippen LogP contribution in [0.15, 0.2) is 78.3 Å². The maximum Gasteiger partial charge on any atom is 0.222 e. The van der Waals surface area contributed by atoms with Crippen LogP contribution in [0, 0.1) is 0 Å². The molecule has 0 amide bonds. The lowest BCUT2D eigenvalue weighted by atomic mass is 9.98. The summed E-state index contributed by atoms with van der Waals surface area (Å²) in [5.74, 6) is 0. The lowest BCUT2D eigenvalue weighted by molar-refractivity contribution is -0.595. The summed E-state index contributed by atoms with van der Waals surface area (Å²) in [6.45, 7) is 4.31. The van der Waals surface area contributed by atoms with Crippen LogP contribution in [0.1, 0.15) is 65.2 Å². The number of quaternary nitrogens is 1. The number of hydrogen-bond acceptors (Lipinski definition) is 1. The number of allylic oxidation sites excluding steroid dienone is 2. The molecular formula is C27H38N2O+2. The SMILES string of the molecule is CCCCCCCCCC1=C[N+](C)(c2ccc(-[n+]3ccccc3)cc2)C(O)C(C)=C1. The zero-order valence-electron chi connectivity index (χ0n) is 18.9. The molecule has 0 fully saturated rings. The van der Waals surface area contributed by atoms with Gasteiger partial charge in [0.2, 0.25) is 11.9 Å². The van der Waals surface area contributed by atoms with Crippen molar-refractivity contribution in [3.05, 3.63) is 78.3 Å². The van der Waals surface area contributed by atoms with Crippen molar-refractivity contribution in [3.8, 4) is 5.69 Å². The molecule has 0 saturated heterocycles. The summed E-state index contributed by atoms with van der Waals surface area (Å²) in [6, 6.07) is 14.6. The van der Waals surface area contributed by atoms with Crippen LogP contribution in [0.5, 0.6) is 0 Å². The molecule has 0 saturated carbocycles. The molecular weight excluding hydrogens is 368 g/mol. The van der Waals surface area contributed by atoms with Crippen LogP contribution in [0.3, 0.4) is 0 Å². The molecule has 0 aliphatic carbocycles. The third-order valence-electron chi connectivity index (χ3n) is 6.25. The van der Waals surface area contributed by atoms with E-state index in [0.717, 1.165) is 23.4 Å². The molecule has 2 heterocycles. The van der Waals surface area contributed by atoms with E-state index in [1.807, 2.05) is 37.5 Å². The highest BCUT2D eigenvalue weighted by Crippen LogP contribution is 2.33. The summed E-state index contributed by atoms with van der Waals surface area (Å²) in [4.78, 5) is 0. The van der Waals surface area contributed by atoms with Gasteiger partial charge in [0.05, 0.1) is 7.05 Å². The second kappa shape index (κ2) is 10.7. The van der Waals surface area contributed by atoms with Gasteiger partial charge in [-0.15, -0.1) is 0 Å². The van der Waals surface area contributed by atoms with E-state index in [0.29, 0.717) is 4.48 Å². The Balaban J connectivity index is 1.68. The van der Waals surface area contributed by atoms with Gasteiger partial charge in [0, 0.05) is 47.5 Å². The van der Waals surface area contributed by atoms with Crippen LogP contribution in [-0.4, -0.2) is 18.4 Å².